The van der Waals surface area contributed by atoms with Gasteiger partial charge in [-0.15, -0.1) is 11.3 Å². The van der Waals surface area contributed by atoms with Crippen LogP contribution in [0.3, 0.4) is 0 Å². The fraction of sp³-hybridized carbons (Fsp3) is 0.375. The lowest BCUT2D eigenvalue weighted by atomic mass is 10.2. The van der Waals surface area contributed by atoms with Gasteiger partial charge < -0.3 is 25.0 Å². The first-order valence-electron chi connectivity index (χ1n) is 14.9. The number of carbonyl (C=O) groups excluding carboxylic acids is 2. The van der Waals surface area contributed by atoms with Gasteiger partial charge in [-0.1, -0.05) is 6.07 Å². The van der Waals surface area contributed by atoms with Gasteiger partial charge in [0, 0.05) is 75.5 Å². The molecule has 1 aliphatic heterocycles. The number of aromatic nitrogens is 2. The van der Waals surface area contributed by atoms with E-state index in [1.54, 1.807) is 18.3 Å². The summed E-state index contributed by atoms with van der Waals surface area (Å²) in [6.45, 7) is 7.52. The first-order valence-corrected chi connectivity index (χ1v) is 15.7. The number of thiophene rings is 1. The largest absolute Gasteiger partial charge is 0.466 e. The van der Waals surface area contributed by atoms with E-state index in [1.807, 2.05) is 25.3 Å². The molecule has 3 aromatic heterocycles. The summed E-state index contributed by atoms with van der Waals surface area (Å²) in [5.41, 5.74) is 3.06. The van der Waals surface area contributed by atoms with Gasteiger partial charge >= 0.3 is 12.0 Å². The predicted octanol–water partition coefficient (Wildman–Crippen LogP) is 5.64. The van der Waals surface area contributed by atoms with Crippen molar-refractivity contribution < 1.29 is 23.5 Å². The minimum Gasteiger partial charge on any atom is -0.466 e. The number of pyridine rings is 2. The van der Waals surface area contributed by atoms with Crippen molar-refractivity contribution in [1.82, 2.24) is 25.1 Å². The molecule has 0 radical (unpaired) electrons. The van der Waals surface area contributed by atoms with Crippen LogP contribution in [0.2, 0.25) is 0 Å². The van der Waals surface area contributed by atoms with Crippen LogP contribution in [0.5, 0.6) is 11.5 Å². The fourth-order valence-corrected chi connectivity index (χ4v) is 6.10. The van der Waals surface area contributed by atoms with E-state index in [2.05, 4.69) is 31.5 Å². The molecule has 1 saturated heterocycles. The Morgan fingerprint density at radius 1 is 1.02 bits per heavy atom. The molecule has 2 N–H and O–H groups in total. The second-order valence-electron chi connectivity index (χ2n) is 11.0. The molecule has 1 saturated carbocycles. The number of halogens is 1. The third kappa shape index (κ3) is 7.68. The molecule has 230 valence electrons. The fourth-order valence-electron chi connectivity index (χ4n) is 5.06. The molecule has 0 spiro atoms. The van der Waals surface area contributed by atoms with Crippen LogP contribution in [-0.4, -0.2) is 77.1 Å². The Hall–Kier alpha value is -4.13. The summed E-state index contributed by atoms with van der Waals surface area (Å²) >= 11 is 1.49. The highest BCUT2D eigenvalue weighted by atomic mass is 32.1. The van der Waals surface area contributed by atoms with E-state index in [4.69, 9.17) is 14.5 Å². The van der Waals surface area contributed by atoms with Gasteiger partial charge in [-0.25, -0.2) is 9.18 Å². The average Bonchev–Trinajstić information content (AvgIpc) is 3.72. The van der Waals surface area contributed by atoms with Crippen LogP contribution in [-0.2, 0) is 16.1 Å². The summed E-state index contributed by atoms with van der Waals surface area (Å²) in [7, 11) is 0. The Bertz CT molecular complexity index is 1620. The molecular weight excluding hydrogens is 583 g/mol. The van der Waals surface area contributed by atoms with E-state index in [0.717, 1.165) is 78.5 Å². The molecule has 0 atom stereocenters. The number of nitrogens with one attached hydrogen (secondary N) is 2. The number of fused-ring (bicyclic) bond motifs is 1. The molecule has 10 nitrogen and oxygen atoms in total. The number of urea groups is 1. The Balaban J connectivity index is 1.06. The first kappa shape index (κ1) is 29.9. The monoisotopic (exact) mass is 618 g/mol. The van der Waals surface area contributed by atoms with Gasteiger partial charge in [0.25, 0.3) is 0 Å². The van der Waals surface area contributed by atoms with E-state index >= 15 is 0 Å². The van der Waals surface area contributed by atoms with Gasteiger partial charge in [0.15, 0.2) is 11.6 Å². The van der Waals surface area contributed by atoms with E-state index in [1.165, 1.54) is 23.5 Å². The lowest BCUT2D eigenvalue weighted by Gasteiger charge is -2.34. The van der Waals surface area contributed by atoms with Gasteiger partial charge in [-0.3, -0.25) is 19.7 Å². The van der Waals surface area contributed by atoms with Gasteiger partial charge in [-0.2, -0.15) is 0 Å². The molecule has 2 amide bonds. The van der Waals surface area contributed by atoms with Gasteiger partial charge in [0.2, 0.25) is 0 Å². The van der Waals surface area contributed by atoms with Crippen LogP contribution in [0.25, 0.3) is 20.8 Å². The molecule has 0 unspecified atom stereocenters. The van der Waals surface area contributed by atoms with Crippen LogP contribution in [0.1, 0.15) is 31.7 Å². The maximum atomic E-state index is 14.9. The standard InChI is InChI=1S/C32H35FN6O4S/c1-2-42-30(40)10-12-38-13-15-39(16-14-38)20-21-3-7-25(35-19-21)29-18-26-31(44-29)28(9-11-34-26)43-27-8-6-23(17-24(27)33)37-32(41)36-22-4-5-22/h3,6-9,11,17-19,22H,2,4-5,10,12-16,20H2,1H3,(H2,36,37,41). The third-order valence-electron chi connectivity index (χ3n) is 7.58. The topological polar surface area (TPSA) is 109 Å². The molecule has 44 heavy (non-hydrogen) atoms. The molecule has 4 aromatic rings. The number of hydrogen-bond donors (Lipinski definition) is 2. The number of esters is 1. The predicted molar refractivity (Wildman–Crippen MR) is 167 cm³/mol. The van der Waals surface area contributed by atoms with Crippen LogP contribution < -0.4 is 15.4 Å². The molecule has 12 heteroatoms. The molecular formula is C32H35FN6O4S. The number of amides is 2. The quantitative estimate of drug-likeness (QED) is 0.208. The minimum absolute atomic E-state index is 0.0583. The van der Waals surface area contributed by atoms with E-state index < -0.39 is 5.82 Å². The molecule has 4 heterocycles. The highest BCUT2D eigenvalue weighted by Crippen LogP contribution is 2.39. The summed E-state index contributed by atoms with van der Waals surface area (Å²) in [5, 5.41) is 5.47. The highest BCUT2D eigenvalue weighted by molar-refractivity contribution is 7.22. The summed E-state index contributed by atoms with van der Waals surface area (Å²) in [6, 6.07) is 12.0. The summed E-state index contributed by atoms with van der Waals surface area (Å²) in [5.74, 6) is -0.160. The lowest BCUT2D eigenvalue weighted by molar-refractivity contribution is -0.143. The van der Waals surface area contributed by atoms with Gasteiger partial charge in [-0.05, 0) is 49.6 Å². The van der Waals surface area contributed by atoms with Crippen LogP contribution in [0, 0.1) is 5.82 Å². The Morgan fingerprint density at radius 2 is 1.84 bits per heavy atom. The number of hydrogen-bond acceptors (Lipinski definition) is 9. The average molecular weight is 619 g/mol. The van der Waals surface area contributed by atoms with E-state index in [0.29, 0.717) is 24.5 Å². The number of ether oxygens (including phenoxy) is 2. The number of anilines is 1. The minimum atomic E-state index is -0.577. The second kappa shape index (κ2) is 13.7. The van der Waals surface area contributed by atoms with E-state index in [-0.39, 0.29) is 23.8 Å². The number of rotatable bonds is 11. The smallest absolute Gasteiger partial charge is 0.319 e. The van der Waals surface area contributed by atoms with Gasteiger partial charge in [0.05, 0.1) is 33.8 Å². The molecule has 6 rings (SSSR count). The Morgan fingerprint density at radius 3 is 2.57 bits per heavy atom. The summed E-state index contributed by atoms with van der Waals surface area (Å²) in [4.78, 5) is 38.5. The van der Waals surface area contributed by atoms with Crippen LogP contribution >= 0.6 is 11.3 Å². The van der Waals surface area contributed by atoms with Crippen molar-refractivity contribution in [3.63, 3.8) is 0 Å². The molecule has 1 aromatic carbocycles. The maximum Gasteiger partial charge on any atom is 0.319 e. The van der Waals surface area contributed by atoms with Crippen molar-refractivity contribution in [3.8, 4) is 22.1 Å². The maximum absolute atomic E-state index is 14.9. The Labute approximate surface area is 259 Å². The van der Waals surface area contributed by atoms with E-state index in [9.17, 15) is 14.0 Å². The molecule has 2 fully saturated rings. The van der Waals surface area contributed by atoms with Crippen LogP contribution in [0.15, 0.2) is 54.9 Å². The lowest BCUT2D eigenvalue weighted by Crippen LogP contribution is -2.46. The molecule has 0 bridgehead atoms. The zero-order valence-corrected chi connectivity index (χ0v) is 25.4. The Kier molecular flexibility index (Phi) is 9.29. The van der Waals surface area contributed by atoms with Crippen molar-refractivity contribution in [1.29, 1.82) is 0 Å². The normalized spacial score (nSPS) is 15.7. The van der Waals surface area contributed by atoms with Crippen molar-refractivity contribution in [3.05, 3.63) is 66.2 Å². The first-order chi connectivity index (χ1) is 21.4. The van der Waals surface area contributed by atoms with Crippen molar-refractivity contribution in [2.24, 2.45) is 0 Å². The summed E-state index contributed by atoms with van der Waals surface area (Å²) in [6.07, 6.45) is 5.93. The second-order valence-corrected chi connectivity index (χ2v) is 12.0. The number of piperazine rings is 1. The molecule has 2 aliphatic rings. The zero-order chi connectivity index (χ0) is 30.5. The van der Waals surface area contributed by atoms with Gasteiger partial charge in [0.1, 0.15) is 5.75 Å². The number of benzene rings is 1. The van der Waals surface area contributed by atoms with Crippen LogP contribution in [0.4, 0.5) is 14.9 Å². The zero-order valence-electron chi connectivity index (χ0n) is 24.6. The van der Waals surface area contributed by atoms with Crippen molar-refractivity contribution in [2.75, 3.05) is 44.6 Å². The summed E-state index contributed by atoms with van der Waals surface area (Å²) < 4.78 is 26.7. The molecule has 1 aliphatic carbocycles. The van der Waals surface area contributed by atoms with Crippen molar-refractivity contribution in [2.45, 2.75) is 38.8 Å². The third-order valence-corrected chi connectivity index (χ3v) is 8.75. The number of carbonyl (C=O) groups is 2. The highest BCUT2D eigenvalue weighted by Gasteiger charge is 2.23. The number of nitrogens with zero attached hydrogens (tertiary/aromatic N) is 4. The van der Waals surface area contributed by atoms with Crippen molar-refractivity contribution >= 4 is 39.2 Å². The SMILES string of the molecule is CCOC(=O)CCN1CCN(Cc2ccc(-c3cc4nccc(Oc5ccc(NC(=O)NC6CC6)cc5F)c4s3)nc2)CC1.